The van der Waals surface area contributed by atoms with Gasteiger partial charge in [0.1, 0.15) is 5.70 Å². The lowest BCUT2D eigenvalue weighted by Gasteiger charge is -2.19. The van der Waals surface area contributed by atoms with Crippen LogP contribution in [0.1, 0.15) is 19.4 Å². The van der Waals surface area contributed by atoms with Gasteiger partial charge in [-0.15, -0.1) is 0 Å². The predicted octanol–water partition coefficient (Wildman–Crippen LogP) is 2.64. The number of amides is 1. The van der Waals surface area contributed by atoms with Crippen molar-refractivity contribution >= 4 is 12.1 Å². The summed E-state index contributed by atoms with van der Waals surface area (Å²) < 4.78 is 15.0. The number of rotatable bonds is 7. The van der Waals surface area contributed by atoms with E-state index >= 15 is 0 Å². The average Bonchev–Trinajstić information content (AvgIpc) is 2.57. The summed E-state index contributed by atoms with van der Waals surface area (Å²) in [6, 6.07) is 9.69. The van der Waals surface area contributed by atoms with Crippen LogP contribution >= 0.6 is 0 Å². The SMILES string of the molecule is COC(=O)N/C(=C/[C@@H](OCc1ccccc1)C(C)C)C(=O)OC. The van der Waals surface area contributed by atoms with Gasteiger partial charge in [-0.2, -0.15) is 0 Å². The summed E-state index contributed by atoms with van der Waals surface area (Å²) in [5.74, 6) is -0.567. The van der Waals surface area contributed by atoms with E-state index in [4.69, 9.17) is 4.74 Å². The number of benzene rings is 1. The number of hydrogen-bond donors (Lipinski definition) is 1. The third-order valence-corrected chi connectivity index (χ3v) is 3.10. The van der Waals surface area contributed by atoms with E-state index in [2.05, 4.69) is 14.8 Å². The minimum Gasteiger partial charge on any atom is -0.464 e. The minimum absolute atomic E-state index is 0.00823. The lowest BCUT2D eigenvalue weighted by molar-refractivity contribution is -0.136. The summed E-state index contributed by atoms with van der Waals surface area (Å²) in [7, 11) is 2.46. The highest BCUT2D eigenvalue weighted by Gasteiger charge is 2.19. The standard InChI is InChI=1S/C17H23NO5/c1-12(2)15(23-11-13-8-6-5-7-9-13)10-14(16(19)21-3)18-17(20)22-4/h5-10,12,15H,11H2,1-4H3,(H,18,20)/b14-10+/t15-/m1/s1. The topological polar surface area (TPSA) is 73.9 Å². The number of nitrogens with one attached hydrogen (secondary N) is 1. The van der Waals surface area contributed by atoms with E-state index in [0.717, 1.165) is 5.56 Å². The van der Waals surface area contributed by atoms with Gasteiger partial charge in [0, 0.05) is 0 Å². The molecule has 0 fully saturated rings. The summed E-state index contributed by atoms with van der Waals surface area (Å²) in [5, 5.41) is 2.35. The minimum atomic E-state index is -0.743. The van der Waals surface area contributed by atoms with Crippen molar-refractivity contribution in [2.45, 2.75) is 26.6 Å². The van der Waals surface area contributed by atoms with E-state index in [1.807, 2.05) is 44.2 Å². The van der Waals surface area contributed by atoms with Crippen LogP contribution in [-0.4, -0.2) is 32.4 Å². The largest absolute Gasteiger partial charge is 0.464 e. The van der Waals surface area contributed by atoms with Gasteiger partial charge in [0.05, 0.1) is 26.9 Å². The first-order valence-corrected chi connectivity index (χ1v) is 7.28. The maximum Gasteiger partial charge on any atom is 0.411 e. The Balaban J connectivity index is 2.86. The molecule has 0 spiro atoms. The van der Waals surface area contributed by atoms with Crippen molar-refractivity contribution in [1.82, 2.24) is 5.32 Å². The lowest BCUT2D eigenvalue weighted by atomic mass is 10.1. The van der Waals surface area contributed by atoms with Crippen LogP contribution in [0, 0.1) is 5.92 Å². The molecule has 1 aromatic carbocycles. The molecule has 0 bridgehead atoms. The van der Waals surface area contributed by atoms with Gasteiger partial charge in [-0.25, -0.2) is 9.59 Å². The first-order chi connectivity index (χ1) is 11.0. The zero-order valence-electron chi connectivity index (χ0n) is 13.9. The Labute approximate surface area is 136 Å². The van der Waals surface area contributed by atoms with Crippen molar-refractivity contribution in [1.29, 1.82) is 0 Å². The summed E-state index contributed by atoms with van der Waals surface area (Å²) in [6.07, 6.45) is 0.421. The van der Waals surface area contributed by atoms with Gasteiger partial charge >= 0.3 is 12.1 Å². The number of hydrogen-bond acceptors (Lipinski definition) is 5. The van der Waals surface area contributed by atoms with Crippen LogP contribution in [0.5, 0.6) is 0 Å². The van der Waals surface area contributed by atoms with Crippen LogP contribution in [-0.2, 0) is 25.6 Å². The number of esters is 1. The van der Waals surface area contributed by atoms with E-state index < -0.39 is 12.1 Å². The van der Waals surface area contributed by atoms with Gasteiger partial charge in [-0.3, -0.25) is 5.32 Å². The Hall–Kier alpha value is -2.34. The molecule has 1 atom stereocenters. The Kier molecular flexibility index (Phi) is 7.83. The number of carbonyl (C=O) groups is 2. The molecule has 0 aliphatic carbocycles. The highest BCUT2D eigenvalue weighted by Crippen LogP contribution is 2.14. The van der Waals surface area contributed by atoms with Crippen LogP contribution < -0.4 is 5.32 Å². The number of ether oxygens (including phenoxy) is 3. The quantitative estimate of drug-likeness (QED) is 0.617. The monoisotopic (exact) mass is 321 g/mol. The van der Waals surface area contributed by atoms with Crippen molar-refractivity contribution in [3.05, 3.63) is 47.7 Å². The molecule has 0 unspecified atom stereocenters. The second-order valence-corrected chi connectivity index (χ2v) is 5.19. The van der Waals surface area contributed by atoms with E-state index in [1.165, 1.54) is 20.3 Å². The number of methoxy groups -OCH3 is 2. The van der Waals surface area contributed by atoms with Crippen LogP contribution in [0.2, 0.25) is 0 Å². The molecule has 0 aromatic heterocycles. The highest BCUT2D eigenvalue weighted by molar-refractivity contribution is 5.92. The summed E-state index contributed by atoms with van der Waals surface area (Å²) in [4.78, 5) is 23.1. The van der Waals surface area contributed by atoms with Crippen molar-refractivity contribution in [3.63, 3.8) is 0 Å². The third-order valence-electron chi connectivity index (χ3n) is 3.10. The zero-order chi connectivity index (χ0) is 17.2. The fraction of sp³-hybridized carbons (Fsp3) is 0.412. The molecule has 0 aliphatic heterocycles. The van der Waals surface area contributed by atoms with Crippen molar-refractivity contribution < 1.29 is 23.8 Å². The molecule has 0 saturated heterocycles. The molecule has 1 N–H and O–H groups in total. The number of carbonyl (C=O) groups excluding carboxylic acids is 2. The van der Waals surface area contributed by atoms with Crippen molar-refractivity contribution in [2.75, 3.05) is 14.2 Å². The van der Waals surface area contributed by atoms with Gasteiger partial charge in [-0.05, 0) is 17.6 Å². The molecule has 0 aliphatic rings. The van der Waals surface area contributed by atoms with Crippen molar-refractivity contribution in [2.24, 2.45) is 5.92 Å². The molecular weight excluding hydrogens is 298 g/mol. The molecule has 1 rings (SSSR count). The predicted molar refractivity (Wildman–Crippen MR) is 85.5 cm³/mol. The van der Waals surface area contributed by atoms with Crippen LogP contribution in [0.25, 0.3) is 0 Å². The van der Waals surface area contributed by atoms with Crippen LogP contribution in [0.3, 0.4) is 0 Å². The fourth-order valence-corrected chi connectivity index (χ4v) is 1.80. The molecule has 1 aromatic rings. The molecule has 0 radical (unpaired) electrons. The van der Waals surface area contributed by atoms with Gasteiger partial charge in [0.15, 0.2) is 0 Å². The Bertz CT molecular complexity index is 539. The average molecular weight is 321 g/mol. The molecule has 23 heavy (non-hydrogen) atoms. The first-order valence-electron chi connectivity index (χ1n) is 7.28. The van der Waals surface area contributed by atoms with Gasteiger partial charge in [-0.1, -0.05) is 44.2 Å². The highest BCUT2D eigenvalue weighted by atomic mass is 16.5. The fourth-order valence-electron chi connectivity index (χ4n) is 1.80. The number of alkyl carbamates (subject to hydrolysis) is 1. The smallest absolute Gasteiger partial charge is 0.411 e. The van der Waals surface area contributed by atoms with E-state index in [0.29, 0.717) is 6.61 Å². The van der Waals surface area contributed by atoms with E-state index in [-0.39, 0.29) is 17.7 Å². The van der Waals surface area contributed by atoms with E-state index in [9.17, 15) is 9.59 Å². The molecule has 0 saturated carbocycles. The van der Waals surface area contributed by atoms with E-state index in [1.54, 1.807) is 0 Å². The maximum atomic E-state index is 11.8. The molecule has 6 heteroatoms. The van der Waals surface area contributed by atoms with Crippen LogP contribution in [0.4, 0.5) is 4.79 Å². The van der Waals surface area contributed by atoms with Gasteiger partial charge in [0.2, 0.25) is 0 Å². The lowest BCUT2D eigenvalue weighted by Crippen LogP contribution is -2.30. The molecule has 126 valence electrons. The molecule has 6 nitrogen and oxygen atoms in total. The maximum absolute atomic E-state index is 11.8. The van der Waals surface area contributed by atoms with Gasteiger partial charge < -0.3 is 14.2 Å². The first kappa shape index (κ1) is 18.7. The normalized spacial score (nSPS) is 12.7. The molecular formula is C17H23NO5. The Morgan fingerprint density at radius 1 is 1.13 bits per heavy atom. The second-order valence-electron chi connectivity index (χ2n) is 5.19. The summed E-state index contributed by atoms with van der Waals surface area (Å²) >= 11 is 0. The van der Waals surface area contributed by atoms with Gasteiger partial charge in [0.25, 0.3) is 0 Å². The zero-order valence-corrected chi connectivity index (χ0v) is 13.9. The third kappa shape index (κ3) is 6.52. The summed E-state index contributed by atoms with van der Waals surface area (Å²) in [6.45, 7) is 4.31. The second kappa shape index (κ2) is 9.63. The molecule has 1 amide bonds. The Morgan fingerprint density at radius 3 is 2.30 bits per heavy atom. The van der Waals surface area contributed by atoms with Crippen molar-refractivity contribution in [3.8, 4) is 0 Å². The van der Waals surface area contributed by atoms with Crippen LogP contribution in [0.15, 0.2) is 42.1 Å². The summed E-state index contributed by atoms with van der Waals surface area (Å²) in [5.41, 5.74) is 1.01. The molecule has 0 heterocycles. The Morgan fingerprint density at radius 2 is 1.78 bits per heavy atom.